The Morgan fingerprint density at radius 1 is 0.971 bits per heavy atom. The third kappa shape index (κ3) is 5.39. The molecule has 0 radical (unpaired) electrons. The molecular formula is C27H25N3O4. The number of anilines is 1. The van der Waals surface area contributed by atoms with Crippen molar-refractivity contribution < 1.29 is 19.1 Å². The Morgan fingerprint density at radius 3 is 2.44 bits per heavy atom. The first-order valence-corrected chi connectivity index (χ1v) is 10.8. The molecule has 0 aliphatic rings. The zero-order valence-electron chi connectivity index (χ0n) is 18.7. The van der Waals surface area contributed by atoms with E-state index in [2.05, 4.69) is 10.3 Å². The van der Waals surface area contributed by atoms with Crippen LogP contribution in [0.5, 0.6) is 5.75 Å². The minimum atomic E-state index is -0.510. The van der Waals surface area contributed by atoms with Crippen LogP contribution in [-0.2, 0) is 16.1 Å². The molecule has 1 amide bonds. The lowest BCUT2D eigenvalue weighted by molar-refractivity contribution is -0.117. The molecule has 1 atom stereocenters. The fraction of sp³-hybridized carbons (Fsp3) is 0.148. The second kappa shape index (κ2) is 10.6. The Hall–Kier alpha value is -4.23. The Kier molecular flexibility index (Phi) is 7.15. The lowest BCUT2D eigenvalue weighted by atomic mass is 9.97. The van der Waals surface area contributed by atoms with Gasteiger partial charge >= 0.3 is 5.97 Å². The quantitative estimate of drug-likeness (QED) is 0.384. The van der Waals surface area contributed by atoms with Gasteiger partial charge in [-0.1, -0.05) is 30.3 Å². The third-order valence-electron chi connectivity index (χ3n) is 5.54. The number of pyridine rings is 1. The highest BCUT2D eigenvalue weighted by molar-refractivity contribution is 5.98. The van der Waals surface area contributed by atoms with Crippen molar-refractivity contribution in [3.05, 3.63) is 102 Å². The van der Waals surface area contributed by atoms with Crippen molar-refractivity contribution in [1.82, 2.24) is 4.98 Å². The summed E-state index contributed by atoms with van der Waals surface area (Å²) in [6.07, 6.45) is 3.49. The van der Waals surface area contributed by atoms with E-state index in [1.165, 1.54) is 0 Å². The van der Waals surface area contributed by atoms with Crippen LogP contribution in [0.2, 0.25) is 0 Å². The molecule has 3 aromatic carbocycles. The van der Waals surface area contributed by atoms with E-state index in [1.807, 2.05) is 48.5 Å². The molecule has 7 heteroatoms. The van der Waals surface area contributed by atoms with Gasteiger partial charge in [0, 0.05) is 30.0 Å². The molecule has 4 rings (SSSR count). The number of hydrogen-bond donors (Lipinski definition) is 2. The number of aromatic nitrogens is 1. The molecule has 3 N–H and O–H groups in total. The summed E-state index contributed by atoms with van der Waals surface area (Å²) in [5, 5.41) is 4.94. The van der Waals surface area contributed by atoms with Crippen molar-refractivity contribution in [1.29, 1.82) is 0 Å². The van der Waals surface area contributed by atoms with Crippen LogP contribution in [0.25, 0.3) is 10.8 Å². The summed E-state index contributed by atoms with van der Waals surface area (Å²) in [6, 6.07) is 21.6. The number of methoxy groups -OCH3 is 1. The highest BCUT2D eigenvalue weighted by atomic mass is 16.5. The molecule has 1 heterocycles. The fourth-order valence-electron chi connectivity index (χ4n) is 3.59. The van der Waals surface area contributed by atoms with Gasteiger partial charge < -0.3 is 20.5 Å². The molecule has 1 unspecified atom stereocenters. The Balaban J connectivity index is 1.37. The standard InChI is InChI=1S/C27H25N3O4/c1-33-24-10-7-20(8-11-24)27(32)34-17-18-2-4-19(5-3-18)25(15-28)26(31)30-23-9-6-22-16-29-13-12-21(22)14-23/h2-14,16,25H,15,17,28H2,1H3,(H,30,31). The van der Waals surface area contributed by atoms with Gasteiger partial charge in [0.05, 0.1) is 18.6 Å². The summed E-state index contributed by atoms with van der Waals surface area (Å²) in [6.45, 7) is 0.283. The van der Waals surface area contributed by atoms with Crippen molar-refractivity contribution in [3.8, 4) is 5.75 Å². The summed E-state index contributed by atoms with van der Waals surface area (Å²) in [4.78, 5) is 29.2. The predicted molar refractivity (Wildman–Crippen MR) is 131 cm³/mol. The Morgan fingerprint density at radius 2 is 1.74 bits per heavy atom. The molecule has 0 saturated heterocycles. The van der Waals surface area contributed by atoms with Gasteiger partial charge in [0.15, 0.2) is 0 Å². The number of esters is 1. The first kappa shape index (κ1) is 22.9. The van der Waals surface area contributed by atoms with E-state index in [4.69, 9.17) is 15.2 Å². The van der Waals surface area contributed by atoms with Crippen molar-refractivity contribution in [3.63, 3.8) is 0 Å². The minimum Gasteiger partial charge on any atom is -0.497 e. The average molecular weight is 456 g/mol. The molecule has 7 nitrogen and oxygen atoms in total. The van der Waals surface area contributed by atoms with Crippen LogP contribution >= 0.6 is 0 Å². The molecule has 172 valence electrons. The number of ether oxygens (including phenoxy) is 2. The summed E-state index contributed by atoms with van der Waals surface area (Å²) in [5.41, 5.74) is 8.67. The number of carbonyl (C=O) groups is 2. The van der Waals surface area contributed by atoms with E-state index >= 15 is 0 Å². The van der Waals surface area contributed by atoms with Crippen molar-refractivity contribution >= 4 is 28.3 Å². The second-order valence-electron chi connectivity index (χ2n) is 7.76. The van der Waals surface area contributed by atoms with Gasteiger partial charge in [-0.3, -0.25) is 9.78 Å². The van der Waals surface area contributed by atoms with Gasteiger partial charge in [-0.25, -0.2) is 4.79 Å². The number of amides is 1. The minimum absolute atomic E-state index is 0.122. The van der Waals surface area contributed by atoms with Gasteiger partial charge in [-0.15, -0.1) is 0 Å². The number of rotatable bonds is 8. The largest absolute Gasteiger partial charge is 0.497 e. The van der Waals surface area contributed by atoms with Crippen LogP contribution in [0, 0.1) is 0 Å². The maximum absolute atomic E-state index is 12.9. The number of carbonyl (C=O) groups excluding carboxylic acids is 2. The summed E-state index contributed by atoms with van der Waals surface area (Å²) in [7, 11) is 1.57. The average Bonchev–Trinajstić information content (AvgIpc) is 2.88. The topological polar surface area (TPSA) is 104 Å². The highest BCUT2D eigenvalue weighted by Gasteiger charge is 2.19. The maximum atomic E-state index is 12.9. The monoisotopic (exact) mass is 455 g/mol. The zero-order chi connectivity index (χ0) is 23.9. The summed E-state index contributed by atoms with van der Waals surface area (Å²) in [5.74, 6) is -0.445. The number of fused-ring (bicyclic) bond motifs is 1. The van der Waals surface area contributed by atoms with Crippen molar-refractivity contribution in [2.45, 2.75) is 12.5 Å². The maximum Gasteiger partial charge on any atom is 0.338 e. The van der Waals surface area contributed by atoms with Crippen LogP contribution in [-0.4, -0.2) is 30.5 Å². The lowest BCUT2D eigenvalue weighted by Crippen LogP contribution is -2.27. The SMILES string of the molecule is COc1ccc(C(=O)OCc2ccc(C(CN)C(=O)Nc3ccc4cnccc4c3)cc2)cc1. The number of nitrogens with one attached hydrogen (secondary N) is 1. The molecule has 34 heavy (non-hydrogen) atoms. The first-order chi connectivity index (χ1) is 16.6. The fourth-order valence-corrected chi connectivity index (χ4v) is 3.59. The zero-order valence-corrected chi connectivity index (χ0v) is 18.7. The molecule has 0 saturated carbocycles. The summed E-state index contributed by atoms with van der Waals surface area (Å²) >= 11 is 0. The van der Waals surface area contributed by atoms with E-state index in [-0.39, 0.29) is 19.1 Å². The van der Waals surface area contributed by atoms with Crippen LogP contribution in [0.3, 0.4) is 0 Å². The van der Waals surface area contributed by atoms with E-state index in [0.717, 1.165) is 21.9 Å². The molecule has 0 fully saturated rings. The number of nitrogens with zero attached hydrogens (tertiary/aromatic N) is 1. The number of nitrogens with two attached hydrogens (primary N) is 1. The van der Waals surface area contributed by atoms with Crippen molar-refractivity contribution in [2.24, 2.45) is 5.73 Å². The van der Waals surface area contributed by atoms with E-state index in [9.17, 15) is 9.59 Å². The second-order valence-corrected chi connectivity index (χ2v) is 7.76. The molecule has 0 spiro atoms. The lowest BCUT2D eigenvalue weighted by Gasteiger charge is -2.16. The molecule has 0 bridgehead atoms. The van der Waals surface area contributed by atoms with Gasteiger partial charge in [0.25, 0.3) is 0 Å². The third-order valence-corrected chi connectivity index (χ3v) is 5.54. The van der Waals surface area contributed by atoms with Crippen LogP contribution in [0.4, 0.5) is 5.69 Å². The summed E-state index contributed by atoms with van der Waals surface area (Å²) < 4.78 is 10.5. The smallest absolute Gasteiger partial charge is 0.338 e. The molecule has 0 aliphatic heterocycles. The van der Waals surface area contributed by atoms with E-state index < -0.39 is 11.9 Å². The van der Waals surface area contributed by atoms with Crippen LogP contribution in [0.1, 0.15) is 27.4 Å². The van der Waals surface area contributed by atoms with Gasteiger partial charge in [-0.2, -0.15) is 0 Å². The number of benzene rings is 3. The van der Waals surface area contributed by atoms with Crippen LogP contribution in [0.15, 0.2) is 85.2 Å². The van der Waals surface area contributed by atoms with Gasteiger partial charge in [0.2, 0.25) is 5.91 Å². The molecule has 0 aliphatic carbocycles. The van der Waals surface area contributed by atoms with Crippen LogP contribution < -0.4 is 15.8 Å². The first-order valence-electron chi connectivity index (χ1n) is 10.8. The van der Waals surface area contributed by atoms with Crippen molar-refractivity contribution in [2.75, 3.05) is 19.0 Å². The Labute approximate surface area is 197 Å². The predicted octanol–water partition coefficient (Wildman–Crippen LogP) is 4.28. The van der Waals surface area contributed by atoms with Gasteiger partial charge in [0.1, 0.15) is 12.4 Å². The van der Waals surface area contributed by atoms with E-state index in [0.29, 0.717) is 17.0 Å². The number of hydrogen-bond acceptors (Lipinski definition) is 6. The molecule has 4 aromatic rings. The van der Waals surface area contributed by atoms with E-state index in [1.54, 1.807) is 43.8 Å². The highest BCUT2D eigenvalue weighted by Crippen LogP contribution is 2.22. The normalized spacial score (nSPS) is 11.6. The molecular weight excluding hydrogens is 430 g/mol. The Bertz CT molecular complexity index is 1290. The molecule has 1 aromatic heterocycles. The van der Waals surface area contributed by atoms with Gasteiger partial charge in [-0.05, 0) is 59.0 Å².